The van der Waals surface area contributed by atoms with E-state index in [1.54, 1.807) is 0 Å². The minimum absolute atomic E-state index is 0.617. The minimum atomic E-state index is 0.617. The van der Waals surface area contributed by atoms with E-state index < -0.39 is 0 Å². The highest BCUT2D eigenvalue weighted by atomic mass is 127. The van der Waals surface area contributed by atoms with Gasteiger partial charge in [-0.15, -0.1) is 0 Å². The van der Waals surface area contributed by atoms with E-state index in [4.69, 9.17) is 9.97 Å². The molecule has 1 fully saturated rings. The molecule has 0 spiro atoms. The molecule has 5 heteroatoms. The lowest BCUT2D eigenvalue weighted by molar-refractivity contribution is 0.971. The monoisotopic (exact) mass is 457 g/mol. The molecule has 0 saturated heterocycles. The molecule has 0 aliphatic heterocycles. The molecule has 1 aromatic carbocycles. The maximum atomic E-state index is 4.86. The summed E-state index contributed by atoms with van der Waals surface area (Å²) in [6, 6.07) is 6.25. The number of nitrogens with zero attached hydrogens (tertiary/aromatic N) is 2. The third-order valence-corrected chi connectivity index (χ3v) is 5.17. The molecule has 2 aromatic rings. The first kappa shape index (κ1) is 15.2. The summed E-state index contributed by atoms with van der Waals surface area (Å²) in [7, 11) is 0. The molecule has 3 rings (SSSR count). The summed E-state index contributed by atoms with van der Waals surface area (Å²) in [5, 5.41) is 3.37. The molecule has 1 heterocycles. The normalized spacial score (nSPS) is 14.3. The van der Waals surface area contributed by atoms with Crippen molar-refractivity contribution in [2.24, 2.45) is 0 Å². The van der Waals surface area contributed by atoms with Gasteiger partial charge in [0, 0.05) is 22.5 Å². The van der Waals surface area contributed by atoms with Crippen LogP contribution < -0.4 is 5.32 Å². The average Bonchev–Trinajstić information content (AvgIpc) is 3.26. The van der Waals surface area contributed by atoms with E-state index in [1.807, 2.05) is 6.07 Å². The van der Waals surface area contributed by atoms with Crippen LogP contribution in [0.4, 0.5) is 5.82 Å². The number of nitrogens with one attached hydrogen (secondary N) is 1. The second kappa shape index (κ2) is 6.20. The molecule has 1 saturated carbocycles. The summed E-state index contributed by atoms with van der Waals surface area (Å²) >= 11 is 5.89. The first-order chi connectivity index (χ1) is 10.1. The van der Waals surface area contributed by atoms with Gasteiger partial charge >= 0.3 is 0 Å². The van der Waals surface area contributed by atoms with Crippen molar-refractivity contribution < 1.29 is 0 Å². The van der Waals surface area contributed by atoms with Crippen LogP contribution in [0.3, 0.4) is 0 Å². The van der Waals surface area contributed by atoms with Crippen molar-refractivity contribution in [1.29, 1.82) is 0 Å². The molecule has 1 N–H and O–H groups in total. The van der Waals surface area contributed by atoms with Gasteiger partial charge in [0.05, 0.1) is 9.26 Å². The van der Waals surface area contributed by atoms with Gasteiger partial charge in [0.2, 0.25) is 0 Å². The molecular formula is C16H17BrIN3. The number of hydrogen-bond acceptors (Lipinski definition) is 3. The van der Waals surface area contributed by atoms with Crippen LogP contribution in [0.2, 0.25) is 0 Å². The van der Waals surface area contributed by atoms with Gasteiger partial charge in [0.25, 0.3) is 0 Å². The van der Waals surface area contributed by atoms with E-state index in [9.17, 15) is 0 Å². The van der Waals surface area contributed by atoms with E-state index in [0.717, 1.165) is 28.2 Å². The Morgan fingerprint density at radius 3 is 2.71 bits per heavy atom. The lowest BCUT2D eigenvalue weighted by atomic mass is 10.1. The first-order valence-corrected chi connectivity index (χ1v) is 9.05. The summed E-state index contributed by atoms with van der Waals surface area (Å²) in [6.07, 6.45) is 2.49. The molecule has 0 unspecified atom stereocenters. The number of halogens is 2. The molecule has 1 aliphatic rings. The van der Waals surface area contributed by atoms with Crippen LogP contribution in [0.5, 0.6) is 0 Å². The van der Waals surface area contributed by atoms with E-state index in [-0.39, 0.29) is 0 Å². The van der Waals surface area contributed by atoms with Crippen LogP contribution in [0.1, 0.15) is 36.9 Å². The minimum Gasteiger partial charge on any atom is -0.369 e. The summed E-state index contributed by atoms with van der Waals surface area (Å²) in [5.74, 6) is 2.41. The smallest absolute Gasteiger partial charge is 0.162 e. The fourth-order valence-corrected chi connectivity index (χ4v) is 3.72. The lowest BCUT2D eigenvalue weighted by Gasteiger charge is -2.13. The van der Waals surface area contributed by atoms with Crippen molar-refractivity contribution in [1.82, 2.24) is 9.97 Å². The van der Waals surface area contributed by atoms with Crippen molar-refractivity contribution in [3.05, 3.63) is 37.5 Å². The Morgan fingerprint density at radius 2 is 2.10 bits per heavy atom. The molecule has 1 aliphatic carbocycles. The molecule has 110 valence electrons. The zero-order valence-corrected chi connectivity index (χ0v) is 15.8. The molecule has 21 heavy (non-hydrogen) atoms. The van der Waals surface area contributed by atoms with Gasteiger partial charge in [-0.05, 0) is 73.0 Å². The van der Waals surface area contributed by atoms with E-state index >= 15 is 0 Å². The molecule has 0 radical (unpaired) electrons. The van der Waals surface area contributed by atoms with Crippen LogP contribution >= 0.6 is 38.5 Å². The maximum absolute atomic E-state index is 4.86. The zero-order chi connectivity index (χ0) is 15.0. The van der Waals surface area contributed by atoms with Gasteiger partial charge in [-0.25, -0.2) is 9.97 Å². The number of anilines is 1. The average molecular weight is 458 g/mol. The summed E-state index contributed by atoms with van der Waals surface area (Å²) in [5.41, 5.74) is 3.50. The Bertz CT molecular complexity index is 683. The standard InChI is InChI=1S/C16H17BrIN3/c1-3-19-16-13(18)14(10-4-5-10)20-15(21-16)12-7-6-11(17)8-9(12)2/h6-8,10H,3-5H2,1-2H3,(H,19,20,21). The Hall–Kier alpha value is -0.690. The third-order valence-electron chi connectivity index (χ3n) is 3.61. The van der Waals surface area contributed by atoms with E-state index in [0.29, 0.717) is 5.92 Å². The van der Waals surface area contributed by atoms with Crippen molar-refractivity contribution >= 4 is 44.3 Å². The quantitative estimate of drug-likeness (QED) is 0.647. The van der Waals surface area contributed by atoms with Crippen molar-refractivity contribution in [2.75, 3.05) is 11.9 Å². The predicted molar refractivity (Wildman–Crippen MR) is 98.8 cm³/mol. The van der Waals surface area contributed by atoms with Crippen molar-refractivity contribution in [3.63, 3.8) is 0 Å². The van der Waals surface area contributed by atoms with Gasteiger partial charge in [-0.3, -0.25) is 0 Å². The molecule has 1 aromatic heterocycles. The molecule has 0 atom stereocenters. The van der Waals surface area contributed by atoms with Crippen LogP contribution in [0.25, 0.3) is 11.4 Å². The Morgan fingerprint density at radius 1 is 1.33 bits per heavy atom. The number of aromatic nitrogens is 2. The van der Waals surface area contributed by atoms with E-state index in [1.165, 1.54) is 27.7 Å². The van der Waals surface area contributed by atoms with Crippen LogP contribution in [0, 0.1) is 10.5 Å². The van der Waals surface area contributed by atoms with Gasteiger partial charge in [-0.1, -0.05) is 15.9 Å². The van der Waals surface area contributed by atoms with Gasteiger partial charge in [-0.2, -0.15) is 0 Å². The van der Waals surface area contributed by atoms with E-state index in [2.05, 4.69) is 69.8 Å². The number of benzene rings is 1. The second-order valence-electron chi connectivity index (χ2n) is 5.36. The SMILES string of the molecule is CCNc1nc(-c2ccc(Br)cc2C)nc(C2CC2)c1I. The highest BCUT2D eigenvalue weighted by Crippen LogP contribution is 2.43. The van der Waals surface area contributed by atoms with Crippen LogP contribution in [-0.2, 0) is 0 Å². The number of aryl methyl sites for hydroxylation is 1. The molecule has 3 nitrogen and oxygen atoms in total. The Balaban J connectivity index is 2.13. The Labute approximate surface area is 147 Å². The van der Waals surface area contributed by atoms with Gasteiger partial charge in [0.15, 0.2) is 5.82 Å². The van der Waals surface area contributed by atoms with Crippen LogP contribution in [0.15, 0.2) is 22.7 Å². The number of rotatable bonds is 4. The maximum Gasteiger partial charge on any atom is 0.162 e. The zero-order valence-electron chi connectivity index (χ0n) is 12.1. The highest BCUT2D eigenvalue weighted by Gasteiger charge is 2.29. The van der Waals surface area contributed by atoms with Crippen molar-refractivity contribution in [3.8, 4) is 11.4 Å². The lowest BCUT2D eigenvalue weighted by Crippen LogP contribution is -2.08. The molecule has 0 amide bonds. The number of hydrogen-bond donors (Lipinski definition) is 1. The fourth-order valence-electron chi connectivity index (χ4n) is 2.37. The largest absolute Gasteiger partial charge is 0.369 e. The first-order valence-electron chi connectivity index (χ1n) is 7.18. The summed E-state index contributed by atoms with van der Waals surface area (Å²) in [4.78, 5) is 9.61. The second-order valence-corrected chi connectivity index (χ2v) is 7.35. The molecule has 0 bridgehead atoms. The summed E-state index contributed by atoms with van der Waals surface area (Å²) < 4.78 is 2.26. The topological polar surface area (TPSA) is 37.8 Å². The fraction of sp³-hybridized carbons (Fsp3) is 0.375. The van der Waals surface area contributed by atoms with Crippen molar-refractivity contribution in [2.45, 2.75) is 32.6 Å². The highest BCUT2D eigenvalue weighted by molar-refractivity contribution is 14.1. The van der Waals surface area contributed by atoms with Crippen LogP contribution in [-0.4, -0.2) is 16.5 Å². The summed E-state index contributed by atoms with van der Waals surface area (Å²) in [6.45, 7) is 5.07. The van der Waals surface area contributed by atoms with Gasteiger partial charge in [0.1, 0.15) is 5.82 Å². The predicted octanol–water partition coefficient (Wildman–Crippen LogP) is 5.13. The van der Waals surface area contributed by atoms with Gasteiger partial charge < -0.3 is 5.32 Å². The molecular weight excluding hydrogens is 441 g/mol. The third kappa shape index (κ3) is 3.23. The Kier molecular flexibility index (Phi) is 4.49.